The molecule has 4 rings (SSSR count). The average molecular weight is 478 g/mol. The normalized spacial score (nSPS) is 11.6. The number of carbonyl (C=O) groups is 1. The topological polar surface area (TPSA) is 81.1 Å². The predicted octanol–water partition coefficient (Wildman–Crippen LogP) is 4.83. The number of sulfonamides is 1. The second-order valence-electron chi connectivity index (χ2n) is 6.83. The lowest BCUT2D eigenvalue weighted by Crippen LogP contribution is -2.30. The molecule has 0 fully saturated rings. The molecule has 0 aliphatic rings. The minimum atomic E-state index is -3.85. The highest BCUT2D eigenvalue weighted by Gasteiger charge is 2.20. The Morgan fingerprint density at radius 3 is 2.52 bits per heavy atom. The van der Waals surface area contributed by atoms with Crippen LogP contribution in [0, 0.1) is 5.82 Å². The lowest BCUT2D eigenvalue weighted by molar-refractivity contribution is 0.0978. The van der Waals surface area contributed by atoms with Gasteiger partial charge in [-0.15, -0.1) is 0 Å². The number of amides is 1. The van der Waals surface area contributed by atoms with Crippen molar-refractivity contribution >= 4 is 50.0 Å². The molecule has 158 valence electrons. The van der Waals surface area contributed by atoms with Gasteiger partial charge >= 0.3 is 0 Å². The third-order valence-electron chi connectivity index (χ3n) is 4.51. The van der Waals surface area contributed by atoms with Crippen molar-refractivity contribution < 1.29 is 17.6 Å². The number of fused-ring (bicyclic) bond motifs is 1. The third-order valence-corrected chi connectivity index (χ3v) is 5.61. The number of halogens is 3. The van der Waals surface area contributed by atoms with Gasteiger partial charge in [0, 0.05) is 16.5 Å². The number of rotatable bonds is 4. The van der Waals surface area contributed by atoms with E-state index in [1.807, 2.05) is 36.4 Å². The van der Waals surface area contributed by atoms with Crippen molar-refractivity contribution in [3.05, 3.63) is 82.2 Å². The van der Waals surface area contributed by atoms with Crippen LogP contribution in [-0.2, 0) is 10.0 Å². The summed E-state index contributed by atoms with van der Waals surface area (Å²) in [6.45, 7) is 0. The van der Waals surface area contributed by atoms with Crippen molar-refractivity contribution in [2.75, 3.05) is 6.26 Å². The van der Waals surface area contributed by atoms with Crippen LogP contribution in [-0.4, -0.2) is 30.4 Å². The Morgan fingerprint density at radius 2 is 1.81 bits per heavy atom. The van der Waals surface area contributed by atoms with Crippen LogP contribution < -0.4 is 4.72 Å². The largest absolute Gasteiger partial charge is 0.268 e. The van der Waals surface area contributed by atoms with E-state index in [0.29, 0.717) is 10.5 Å². The fraction of sp³-hybridized carbons (Fsp3) is 0.0476. The molecular weight excluding hydrogens is 464 g/mol. The zero-order valence-electron chi connectivity index (χ0n) is 15.9. The average Bonchev–Trinajstić information content (AvgIpc) is 3.11. The summed E-state index contributed by atoms with van der Waals surface area (Å²) in [4.78, 5) is 12.0. The van der Waals surface area contributed by atoms with E-state index in [1.54, 1.807) is 17.0 Å². The maximum Gasteiger partial charge on any atom is 0.267 e. The Kier molecular flexibility index (Phi) is 5.47. The second kappa shape index (κ2) is 7.96. The molecule has 0 atom stereocenters. The SMILES string of the molecule is CS(=O)(=O)NC(=O)c1cc(Cl)c(-n2ncc3cc(-c4cccc(Cl)c4)ccc32)cc1F. The van der Waals surface area contributed by atoms with Crippen LogP contribution in [0.15, 0.2) is 60.8 Å². The van der Waals surface area contributed by atoms with Crippen molar-refractivity contribution in [1.82, 2.24) is 14.5 Å². The third kappa shape index (κ3) is 4.41. The van der Waals surface area contributed by atoms with Crippen LogP contribution in [0.5, 0.6) is 0 Å². The summed E-state index contributed by atoms with van der Waals surface area (Å²) < 4.78 is 40.3. The highest BCUT2D eigenvalue weighted by molar-refractivity contribution is 7.89. The molecule has 10 heteroatoms. The molecule has 0 unspecified atom stereocenters. The van der Waals surface area contributed by atoms with Crippen LogP contribution in [0.25, 0.3) is 27.7 Å². The number of nitrogens with one attached hydrogen (secondary N) is 1. The quantitative estimate of drug-likeness (QED) is 0.456. The zero-order valence-corrected chi connectivity index (χ0v) is 18.3. The molecule has 0 spiro atoms. The van der Waals surface area contributed by atoms with Gasteiger partial charge in [-0.3, -0.25) is 4.79 Å². The smallest absolute Gasteiger partial charge is 0.267 e. The molecular formula is C21H14Cl2FN3O3S. The van der Waals surface area contributed by atoms with E-state index in [1.165, 1.54) is 4.68 Å². The van der Waals surface area contributed by atoms with Crippen molar-refractivity contribution in [3.63, 3.8) is 0 Å². The molecule has 1 aromatic heterocycles. The molecule has 0 radical (unpaired) electrons. The molecule has 0 saturated heterocycles. The van der Waals surface area contributed by atoms with Crippen LogP contribution in [0.1, 0.15) is 10.4 Å². The molecule has 1 heterocycles. The molecule has 0 saturated carbocycles. The van der Waals surface area contributed by atoms with Gasteiger partial charge in [0.2, 0.25) is 10.0 Å². The Labute approximate surface area is 187 Å². The molecule has 31 heavy (non-hydrogen) atoms. The van der Waals surface area contributed by atoms with E-state index >= 15 is 0 Å². The van der Waals surface area contributed by atoms with Crippen molar-refractivity contribution in [2.24, 2.45) is 0 Å². The standard InChI is InChI=1S/C21H14Cl2FN3O3S/c1-31(29,30)26-21(28)16-9-17(23)20(10-18(16)24)27-19-6-5-13(7-14(19)11-25-27)12-3-2-4-15(22)8-12/h2-11H,1H3,(H,26,28). The molecule has 4 aromatic rings. The van der Waals surface area contributed by atoms with E-state index in [4.69, 9.17) is 23.2 Å². The van der Waals surface area contributed by atoms with Crippen LogP contribution in [0.4, 0.5) is 4.39 Å². The molecule has 1 amide bonds. The lowest BCUT2D eigenvalue weighted by Gasteiger charge is -2.10. The highest BCUT2D eigenvalue weighted by Crippen LogP contribution is 2.30. The van der Waals surface area contributed by atoms with E-state index < -0.39 is 27.3 Å². The number of hydrogen-bond acceptors (Lipinski definition) is 4. The summed E-state index contributed by atoms with van der Waals surface area (Å²) in [5, 5.41) is 5.73. The Bertz CT molecular complexity index is 1450. The predicted molar refractivity (Wildman–Crippen MR) is 119 cm³/mol. The van der Waals surface area contributed by atoms with Crippen LogP contribution >= 0.6 is 23.2 Å². The number of nitrogens with zero attached hydrogens (tertiary/aromatic N) is 2. The first kappa shape index (κ1) is 21.3. The zero-order chi connectivity index (χ0) is 22.3. The summed E-state index contributed by atoms with van der Waals surface area (Å²) in [6, 6.07) is 15.2. The molecule has 0 aliphatic carbocycles. The Morgan fingerprint density at radius 1 is 1.06 bits per heavy atom. The number of hydrogen-bond donors (Lipinski definition) is 1. The van der Waals surface area contributed by atoms with Gasteiger partial charge in [0.1, 0.15) is 5.82 Å². The number of benzene rings is 3. The molecule has 0 bridgehead atoms. The van der Waals surface area contributed by atoms with E-state index in [2.05, 4.69) is 5.10 Å². The van der Waals surface area contributed by atoms with Crippen LogP contribution in [0.2, 0.25) is 10.0 Å². The fourth-order valence-electron chi connectivity index (χ4n) is 3.17. The summed E-state index contributed by atoms with van der Waals surface area (Å²) in [6.07, 6.45) is 2.41. The summed E-state index contributed by atoms with van der Waals surface area (Å²) >= 11 is 12.4. The van der Waals surface area contributed by atoms with Gasteiger partial charge in [0.25, 0.3) is 5.91 Å². The van der Waals surface area contributed by atoms with E-state index in [9.17, 15) is 17.6 Å². The van der Waals surface area contributed by atoms with Crippen molar-refractivity contribution in [1.29, 1.82) is 0 Å². The van der Waals surface area contributed by atoms with Crippen molar-refractivity contribution in [3.8, 4) is 16.8 Å². The maximum absolute atomic E-state index is 14.6. The lowest BCUT2D eigenvalue weighted by atomic mass is 10.0. The first-order valence-corrected chi connectivity index (χ1v) is 11.5. The van der Waals surface area contributed by atoms with Gasteiger partial charge in [0.05, 0.1) is 34.2 Å². The van der Waals surface area contributed by atoms with E-state index in [-0.39, 0.29) is 10.7 Å². The highest BCUT2D eigenvalue weighted by atomic mass is 35.5. The summed E-state index contributed by atoms with van der Waals surface area (Å²) in [5.41, 5.74) is 2.26. The van der Waals surface area contributed by atoms with Gasteiger partial charge in [-0.1, -0.05) is 41.4 Å². The monoisotopic (exact) mass is 477 g/mol. The van der Waals surface area contributed by atoms with Gasteiger partial charge in [0.15, 0.2) is 0 Å². The van der Waals surface area contributed by atoms with Gasteiger partial charge in [-0.25, -0.2) is 22.2 Å². The van der Waals surface area contributed by atoms with Gasteiger partial charge < -0.3 is 0 Å². The fourth-order valence-corrected chi connectivity index (χ4v) is 4.05. The summed E-state index contributed by atoms with van der Waals surface area (Å²) in [5.74, 6) is -2.04. The second-order valence-corrected chi connectivity index (χ2v) is 9.42. The summed E-state index contributed by atoms with van der Waals surface area (Å²) in [7, 11) is -3.85. The maximum atomic E-state index is 14.6. The van der Waals surface area contributed by atoms with Crippen LogP contribution in [0.3, 0.4) is 0 Å². The van der Waals surface area contributed by atoms with E-state index in [0.717, 1.165) is 34.9 Å². The van der Waals surface area contributed by atoms with Gasteiger partial charge in [-0.05, 0) is 41.5 Å². The molecule has 3 aromatic carbocycles. The molecule has 1 N–H and O–H groups in total. The minimum absolute atomic E-state index is 0.0315. The molecule has 6 nitrogen and oxygen atoms in total. The number of aromatic nitrogens is 2. The number of carbonyl (C=O) groups excluding carboxylic acids is 1. The van der Waals surface area contributed by atoms with Gasteiger partial charge in [-0.2, -0.15) is 5.10 Å². The van der Waals surface area contributed by atoms with Crippen molar-refractivity contribution in [2.45, 2.75) is 0 Å². The minimum Gasteiger partial charge on any atom is -0.268 e. The first-order valence-electron chi connectivity index (χ1n) is 8.87. The Hall–Kier alpha value is -2.94. The Balaban J connectivity index is 1.75. The molecule has 0 aliphatic heterocycles. The first-order chi connectivity index (χ1) is 14.6.